The Bertz CT molecular complexity index is 703. The number of hydrogen-bond donors (Lipinski definition) is 1. The minimum atomic E-state index is -0.978. The predicted molar refractivity (Wildman–Crippen MR) is 88.8 cm³/mol. The van der Waals surface area contributed by atoms with Crippen molar-refractivity contribution in [2.45, 2.75) is 25.4 Å². The summed E-state index contributed by atoms with van der Waals surface area (Å²) in [5.74, 6) is 0.794. The summed E-state index contributed by atoms with van der Waals surface area (Å²) in [4.78, 5) is 24.3. The van der Waals surface area contributed by atoms with Crippen molar-refractivity contribution in [2.24, 2.45) is 0 Å². The summed E-state index contributed by atoms with van der Waals surface area (Å²) in [7, 11) is 1.67. The van der Waals surface area contributed by atoms with E-state index in [2.05, 4.69) is 14.9 Å². The van der Waals surface area contributed by atoms with Crippen LogP contribution < -0.4 is 4.90 Å². The van der Waals surface area contributed by atoms with Gasteiger partial charge in [-0.2, -0.15) is 0 Å². The van der Waals surface area contributed by atoms with Crippen molar-refractivity contribution in [3.63, 3.8) is 0 Å². The van der Waals surface area contributed by atoms with Crippen molar-refractivity contribution in [3.05, 3.63) is 42.2 Å². The van der Waals surface area contributed by atoms with E-state index in [1.807, 2.05) is 18.2 Å². The van der Waals surface area contributed by atoms with Crippen LogP contribution in [0.2, 0.25) is 0 Å². The van der Waals surface area contributed by atoms with Crippen LogP contribution in [-0.4, -0.2) is 58.2 Å². The number of oxazole rings is 1. The Morgan fingerprint density at radius 1 is 1.46 bits per heavy atom. The number of anilines is 1. The third-order valence-electron chi connectivity index (χ3n) is 4.35. The second-order valence-corrected chi connectivity index (χ2v) is 6.37. The van der Waals surface area contributed by atoms with Gasteiger partial charge in [0.15, 0.2) is 6.39 Å². The van der Waals surface area contributed by atoms with E-state index in [9.17, 15) is 9.90 Å². The summed E-state index contributed by atoms with van der Waals surface area (Å²) in [6.07, 6.45) is 4.49. The fraction of sp³-hybridized carbons (Fsp3) is 0.471. The number of aromatic nitrogens is 2. The summed E-state index contributed by atoms with van der Waals surface area (Å²) in [5, 5.41) is 11.0. The molecule has 1 amide bonds. The summed E-state index contributed by atoms with van der Waals surface area (Å²) >= 11 is 0. The average Bonchev–Trinajstić information content (AvgIpc) is 3.00. The first-order valence-corrected chi connectivity index (χ1v) is 8.02. The van der Waals surface area contributed by atoms with E-state index < -0.39 is 5.60 Å². The molecule has 1 N–H and O–H groups in total. The minimum absolute atomic E-state index is 0.221. The molecule has 1 aliphatic heterocycles. The van der Waals surface area contributed by atoms with Crippen molar-refractivity contribution < 1.29 is 14.3 Å². The fourth-order valence-electron chi connectivity index (χ4n) is 3.17. The molecule has 2 aromatic heterocycles. The molecular formula is C17H22N4O3. The molecule has 7 heteroatoms. The van der Waals surface area contributed by atoms with E-state index in [4.69, 9.17) is 4.42 Å². The zero-order valence-electron chi connectivity index (χ0n) is 14.0. The lowest BCUT2D eigenvalue weighted by Crippen LogP contribution is -2.54. The lowest BCUT2D eigenvalue weighted by atomic mass is 9.92. The molecule has 0 aliphatic carbocycles. The van der Waals surface area contributed by atoms with E-state index in [1.54, 1.807) is 20.2 Å². The van der Waals surface area contributed by atoms with Crippen LogP contribution in [0.3, 0.4) is 0 Å². The Labute approximate surface area is 140 Å². The monoisotopic (exact) mass is 330 g/mol. The van der Waals surface area contributed by atoms with Gasteiger partial charge in [-0.15, -0.1) is 0 Å². The molecule has 128 valence electrons. The van der Waals surface area contributed by atoms with Gasteiger partial charge in [-0.1, -0.05) is 6.07 Å². The second-order valence-electron chi connectivity index (χ2n) is 6.37. The Kier molecular flexibility index (Phi) is 4.53. The lowest BCUT2D eigenvalue weighted by Gasteiger charge is -2.41. The standard InChI is InChI=1S/C17H22N4O3/c1-13-15(24-12-19-13)16(22)20(2)10-17(23)7-5-9-21(11-17)14-6-3-4-8-18-14/h3-4,6,8,12,23H,5,7,9-11H2,1-2H3. The highest BCUT2D eigenvalue weighted by molar-refractivity contribution is 5.92. The average molecular weight is 330 g/mol. The van der Waals surface area contributed by atoms with Gasteiger partial charge < -0.3 is 19.3 Å². The quantitative estimate of drug-likeness (QED) is 0.914. The van der Waals surface area contributed by atoms with Crippen molar-refractivity contribution in [2.75, 3.05) is 31.6 Å². The molecule has 3 heterocycles. The van der Waals surface area contributed by atoms with Crippen molar-refractivity contribution in [3.8, 4) is 0 Å². The molecule has 0 aromatic carbocycles. The highest BCUT2D eigenvalue weighted by Crippen LogP contribution is 2.26. The Balaban J connectivity index is 1.69. The summed E-state index contributed by atoms with van der Waals surface area (Å²) in [5.41, 5.74) is -0.425. The fourth-order valence-corrected chi connectivity index (χ4v) is 3.17. The third-order valence-corrected chi connectivity index (χ3v) is 4.35. The maximum atomic E-state index is 12.4. The molecule has 1 saturated heterocycles. The summed E-state index contributed by atoms with van der Waals surface area (Å²) < 4.78 is 5.16. The second kappa shape index (κ2) is 6.60. The largest absolute Gasteiger partial charge is 0.438 e. The van der Waals surface area contributed by atoms with E-state index in [-0.39, 0.29) is 18.2 Å². The smallest absolute Gasteiger partial charge is 0.291 e. The molecule has 1 fully saturated rings. The number of aryl methyl sites for hydroxylation is 1. The normalized spacial score (nSPS) is 20.9. The van der Waals surface area contributed by atoms with Gasteiger partial charge in [-0.25, -0.2) is 9.97 Å². The topological polar surface area (TPSA) is 82.7 Å². The lowest BCUT2D eigenvalue weighted by molar-refractivity contribution is -0.000895. The number of likely N-dealkylation sites (N-methyl/N-ethyl adjacent to an activating group) is 1. The van der Waals surface area contributed by atoms with Crippen LogP contribution in [0.15, 0.2) is 35.2 Å². The highest BCUT2D eigenvalue weighted by atomic mass is 16.4. The summed E-state index contributed by atoms with van der Waals surface area (Å²) in [6.45, 7) is 3.24. The number of β-amino-alcohol motifs (C(OH)–C–C–N with tert-alkyl or cyclic N) is 1. The molecule has 1 unspecified atom stereocenters. The number of pyridine rings is 1. The van der Waals surface area contributed by atoms with E-state index >= 15 is 0 Å². The van der Waals surface area contributed by atoms with Gasteiger partial charge in [0.05, 0.1) is 17.8 Å². The van der Waals surface area contributed by atoms with Crippen molar-refractivity contribution in [1.29, 1.82) is 0 Å². The molecule has 0 radical (unpaired) electrons. The van der Waals surface area contributed by atoms with Gasteiger partial charge >= 0.3 is 0 Å². The molecule has 0 saturated carbocycles. The molecule has 1 atom stereocenters. The number of amides is 1. The Morgan fingerprint density at radius 2 is 2.29 bits per heavy atom. The van der Waals surface area contributed by atoms with Crippen LogP contribution in [0.1, 0.15) is 29.1 Å². The maximum Gasteiger partial charge on any atom is 0.291 e. The number of carbonyl (C=O) groups is 1. The Morgan fingerprint density at radius 3 is 2.96 bits per heavy atom. The number of rotatable bonds is 4. The van der Waals surface area contributed by atoms with Gasteiger partial charge in [0.1, 0.15) is 5.82 Å². The van der Waals surface area contributed by atoms with Crippen LogP contribution in [0.4, 0.5) is 5.82 Å². The number of aliphatic hydroxyl groups is 1. The third kappa shape index (κ3) is 3.41. The van der Waals surface area contributed by atoms with Gasteiger partial charge in [0.25, 0.3) is 5.91 Å². The zero-order valence-corrected chi connectivity index (χ0v) is 14.0. The van der Waals surface area contributed by atoms with Crippen LogP contribution in [0.25, 0.3) is 0 Å². The summed E-state index contributed by atoms with van der Waals surface area (Å²) in [6, 6.07) is 5.72. The SMILES string of the molecule is Cc1ncoc1C(=O)N(C)CC1(O)CCCN(c2ccccn2)C1. The number of nitrogens with zero attached hydrogens (tertiary/aromatic N) is 4. The maximum absolute atomic E-state index is 12.4. The number of carbonyl (C=O) groups excluding carboxylic acids is 1. The first kappa shape index (κ1) is 16.4. The molecular weight excluding hydrogens is 308 g/mol. The molecule has 1 aliphatic rings. The van der Waals surface area contributed by atoms with Crippen LogP contribution in [0, 0.1) is 6.92 Å². The van der Waals surface area contributed by atoms with E-state index in [1.165, 1.54) is 11.3 Å². The van der Waals surface area contributed by atoms with Crippen molar-refractivity contribution >= 4 is 11.7 Å². The molecule has 2 aromatic rings. The van der Waals surface area contributed by atoms with Gasteiger partial charge in [0, 0.05) is 26.3 Å². The number of piperidine rings is 1. The highest BCUT2D eigenvalue weighted by Gasteiger charge is 2.36. The first-order valence-electron chi connectivity index (χ1n) is 8.02. The van der Waals surface area contributed by atoms with E-state index in [0.29, 0.717) is 18.7 Å². The van der Waals surface area contributed by atoms with Gasteiger partial charge in [-0.05, 0) is 31.9 Å². The van der Waals surface area contributed by atoms with Crippen LogP contribution >= 0.6 is 0 Å². The van der Waals surface area contributed by atoms with Crippen molar-refractivity contribution in [1.82, 2.24) is 14.9 Å². The van der Waals surface area contributed by atoms with E-state index in [0.717, 1.165) is 18.8 Å². The Hall–Kier alpha value is -2.41. The first-order chi connectivity index (χ1) is 11.5. The van der Waals surface area contributed by atoms with Crippen LogP contribution in [0.5, 0.6) is 0 Å². The number of hydrogen-bond acceptors (Lipinski definition) is 6. The van der Waals surface area contributed by atoms with Gasteiger partial charge in [0.2, 0.25) is 5.76 Å². The molecule has 24 heavy (non-hydrogen) atoms. The van der Waals surface area contributed by atoms with Crippen LogP contribution in [-0.2, 0) is 0 Å². The molecule has 0 bridgehead atoms. The van der Waals surface area contributed by atoms with Gasteiger partial charge in [-0.3, -0.25) is 4.79 Å². The molecule has 7 nitrogen and oxygen atoms in total. The molecule has 0 spiro atoms. The zero-order chi connectivity index (χ0) is 17.2. The minimum Gasteiger partial charge on any atom is -0.438 e. The predicted octanol–water partition coefficient (Wildman–Crippen LogP) is 1.48. The molecule has 3 rings (SSSR count).